The Labute approximate surface area is 199 Å². The molecular formula is C25H21BrN2O5. The van der Waals surface area contributed by atoms with Crippen molar-refractivity contribution in [1.82, 2.24) is 0 Å². The Morgan fingerprint density at radius 2 is 1.58 bits per heavy atom. The molecule has 5 rings (SSSR count). The number of fused-ring (bicyclic) bond motifs is 1. The first-order valence-corrected chi connectivity index (χ1v) is 11.6. The number of amides is 3. The highest BCUT2D eigenvalue weighted by atomic mass is 79.9. The van der Waals surface area contributed by atoms with Crippen LogP contribution in [0.2, 0.25) is 0 Å². The number of carbonyl (C=O) groups is 4. The van der Waals surface area contributed by atoms with Gasteiger partial charge in [0.05, 0.1) is 23.4 Å². The Bertz CT molecular complexity index is 1150. The molecule has 2 heterocycles. The van der Waals surface area contributed by atoms with Crippen LogP contribution in [-0.2, 0) is 19.2 Å². The van der Waals surface area contributed by atoms with Gasteiger partial charge in [-0.3, -0.25) is 19.2 Å². The topological polar surface area (TPSA) is 84.0 Å². The normalized spacial score (nSPS) is 24.4. The average Bonchev–Trinajstić information content (AvgIpc) is 3.32. The number of hydrogen-bond donors (Lipinski definition) is 0. The predicted octanol–water partition coefficient (Wildman–Crippen LogP) is 3.86. The van der Waals surface area contributed by atoms with Crippen LogP contribution in [0.5, 0.6) is 5.75 Å². The number of hydrogen-bond acceptors (Lipinski definition) is 5. The lowest BCUT2D eigenvalue weighted by molar-refractivity contribution is -0.139. The summed E-state index contributed by atoms with van der Waals surface area (Å²) in [6, 6.07) is 13.7. The molecular weight excluding hydrogens is 488 g/mol. The van der Waals surface area contributed by atoms with Gasteiger partial charge in [-0.05, 0) is 49.2 Å². The number of benzene rings is 2. The van der Waals surface area contributed by atoms with Gasteiger partial charge in [-0.15, -0.1) is 0 Å². The molecule has 3 aliphatic rings. The molecule has 7 nitrogen and oxygen atoms in total. The van der Waals surface area contributed by atoms with E-state index in [0.29, 0.717) is 18.5 Å². The van der Waals surface area contributed by atoms with Crippen molar-refractivity contribution < 1.29 is 23.9 Å². The maximum absolute atomic E-state index is 12.8. The number of carbonyl (C=O) groups excluding carboxylic acids is 4. The fraction of sp³-hybridized carbons (Fsp3) is 0.280. The molecule has 8 heteroatoms. The lowest BCUT2D eigenvalue weighted by Gasteiger charge is -2.17. The number of esters is 1. The van der Waals surface area contributed by atoms with Crippen molar-refractivity contribution in [3.63, 3.8) is 0 Å². The third-order valence-corrected chi connectivity index (χ3v) is 6.93. The second-order valence-electron chi connectivity index (χ2n) is 8.47. The molecule has 2 saturated heterocycles. The highest BCUT2D eigenvalue weighted by molar-refractivity contribution is 9.10. The van der Waals surface area contributed by atoms with E-state index in [9.17, 15) is 19.2 Å². The van der Waals surface area contributed by atoms with Crippen LogP contribution in [0.3, 0.4) is 0 Å². The van der Waals surface area contributed by atoms with Gasteiger partial charge in [0.25, 0.3) is 0 Å². The van der Waals surface area contributed by atoms with Gasteiger partial charge in [-0.1, -0.05) is 34.1 Å². The summed E-state index contributed by atoms with van der Waals surface area (Å²) in [5, 5.41) is 0. The number of halogens is 1. The number of rotatable bonds is 4. The fourth-order valence-corrected chi connectivity index (χ4v) is 4.94. The second kappa shape index (κ2) is 8.59. The molecule has 3 amide bonds. The summed E-state index contributed by atoms with van der Waals surface area (Å²) in [6.45, 7) is 0.235. The average molecular weight is 509 g/mol. The van der Waals surface area contributed by atoms with E-state index >= 15 is 0 Å². The highest BCUT2D eigenvalue weighted by Crippen LogP contribution is 2.38. The maximum atomic E-state index is 12.8. The van der Waals surface area contributed by atoms with Crippen LogP contribution in [0.25, 0.3) is 0 Å². The van der Waals surface area contributed by atoms with Crippen molar-refractivity contribution in [2.24, 2.45) is 17.8 Å². The van der Waals surface area contributed by atoms with E-state index in [4.69, 9.17) is 4.74 Å². The molecule has 2 fully saturated rings. The van der Waals surface area contributed by atoms with Crippen LogP contribution < -0.4 is 14.5 Å². The van der Waals surface area contributed by atoms with Gasteiger partial charge in [0.2, 0.25) is 17.7 Å². The van der Waals surface area contributed by atoms with E-state index in [-0.39, 0.29) is 48.3 Å². The summed E-state index contributed by atoms with van der Waals surface area (Å²) < 4.78 is 6.45. The van der Waals surface area contributed by atoms with E-state index in [0.717, 1.165) is 10.2 Å². The second-order valence-corrected chi connectivity index (χ2v) is 9.38. The van der Waals surface area contributed by atoms with E-state index in [1.54, 1.807) is 23.1 Å². The van der Waals surface area contributed by atoms with Crippen molar-refractivity contribution >= 4 is 51.0 Å². The first-order valence-electron chi connectivity index (χ1n) is 10.8. The molecule has 2 aromatic rings. The number of imide groups is 1. The van der Waals surface area contributed by atoms with Crippen LogP contribution in [0, 0.1) is 17.8 Å². The quantitative estimate of drug-likeness (QED) is 0.271. The lowest BCUT2D eigenvalue weighted by Crippen LogP contribution is -2.31. The van der Waals surface area contributed by atoms with Crippen molar-refractivity contribution in [2.45, 2.75) is 19.3 Å². The zero-order valence-electron chi connectivity index (χ0n) is 17.6. The molecule has 0 bridgehead atoms. The summed E-state index contributed by atoms with van der Waals surface area (Å²) in [4.78, 5) is 53.7. The summed E-state index contributed by atoms with van der Waals surface area (Å²) in [6.07, 6.45) is 5.06. The Morgan fingerprint density at radius 1 is 0.909 bits per heavy atom. The summed E-state index contributed by atoms with van der Waals surface area (Å²) in [5.74, 6) is -2.12. The van der Waals surface area contributed by atoms with Crippen LogP contribution in [-0.4, -0.2) is 30.2 Å². The predicted molar refractivity (Wildman–Crippen MR) is 125 cm³/mol. The van der Waals surface area contributed by atoms with Gasteiger partial charge < -0.3 is 9.64 Å². The molecule has 168 valence electrons. The Morgan fingerprint density at radius 3 is 2.24 bits per heavy atom. The molecule has 2 aromatic carbocycles. The van der Waals surface area contributed by atoms with Crippen molar-refractivity contribution in [3.8, 4) is 5.75 Å². The smallest absolute Gasteiger partial charge is 0.316 e. The van der Waals surface area contributed by atoms with Crippen molar-refractivity contribution in [3.05, 3.63) is 65.2 Å². The lowest BCUT2D eigenvalue weighted by atomic mass is 9.85. The summed E-state index contributed by atoms with van der Waals surface area (Å²) >= 11 is 3.37. The molecule has 0 N–H and O–H groups in total. The molecule has 0 aromatic heterocycles. The minimum absolute atomic E-state index is 0.0635. The third-order valence-electron chi connectivity index (χ3n) is 6.40. The first-order chi connectivity index (χ1) is 15.9. The SMILES string of the molecule is O=C(Oc1cccc(N2C(=O)[C@@H]3CC=CC[C@H]3C2=O)c1)[C@H]1CC(=O)N(c2ccc(Br)cc2)C1. The van der Waals surface area contributed by atoms with E-state index in [1.165, 1.54) is 11.0 Å². The fourth-order valence-electron chi connectivity index (χ4n) is 4.68. The van der Waals surface area contributed by atoms with Crippen molar-refractivity contribution in [1.29, 1.82) is 0 Å². The minimum atomic E-state index is -0.603. The molecule has 0 spiro atoms. The van der Waals surface area contributed by atoms with Gasteiger partial charge >= 0.3 is 5.97 Å². The van der Waals surface area contributed by atoms with Crippen LogP contribution >= 0.6 is 15.9 Å². The largest absolute Gasteiger partial charge is 0.426 e. The monoisotopic (exact) mass is 508 g/mol. The zero-order chi connectivity index (χ0) is 23.1. The molecule has 2 aliphatic heterocycles. The van der Waals surface area contributed by atoms with E-state index in [2.05, 4.69) is 15.9 Å². The molecule has 1 aliphatic carbocycles. The first kappa shape index (κ1) is 21.6. The highest BCUT2D eigenvalue weighted by Gasteiger charge is 2.48. The molecule has 0 radical (unpaired) electrons. The maximum Gasteiger partial charge on any atom is 0.316 e. The van der Waals surface area contributed by atoms with E-state index in [1.807, 2.05) is 36.4 Å². The van der Waals surface area contributed by atoms with Gasteiger partial charge in [-0.25, -0.2) is 4.90 Å². The summed E-state index contributed by atoms with van der Waals surface area (Å²) in [7, 11) is 0. The van der Waals surface area contributed by atoms with Crippen LogP contribution in [0.15, 0.2) is 65.2 Å². The minimum Gasteiger partial charge on any atom is -0.426 e. The number of allylic oxidation sites excluding steroid dienone is 2. The number of ether oxygens (including phenoxy) is 1. The Hall–Kier alpha value is -3.26. The standard InChI is InChI=1S/C25H21BrN2O5/c26-16-8-10-17(11-9-16)27-14-15(12-22(27)29)25(32)33-19-5-3-4-18(13-19)28-23(30)20-6-1-2-7-21(20)24(28)31/h1-5,8-11,13,15,20-21H,6-7,12,14H2/t15-,20+,21+/m0/s1. The zero-order valence-corrected chi connectivity index (χ0v) is 19.2. The van der Waals surface area contributed by atoms with Crippen molar-refractivity contribution in [2.75, 3.05) is 16.3 Å². The Kier molecular flexibility index (Phi) is 5.62. The van der Waals surface area contributed by atoms with Gasteiger partial charge in [0, 0.05) is 29.2 Å². The Balaban J connectivity index is 1.29. The van der Waals surface area contributed by atoms with Crippen LogP contribution in [0.1, 0.15) is 19.3 Å². The number of nitrogens with zero attached hydrogens (tertiary/aromatic N) is 2. The van der Waals surface area contributed by atoms with Crippen LogP contribution in [0.4, 0.5) is 11.4 Å². The molecule has 3 atom stereocenters. The van der Waals surface area contributed by atoms with E-state index < -0.39 is 11.9 Å². The van der Waals surface area contributed by atoms with Gasteiger partial charge in [-0.2, -0.15) is 0 Å². The molecule has 33 heavy (non-hydrogen) atoms. The van der Waals surface area contributed by atoms with Gasteiger partial charge in [0.15, 0.2) is 0 Å². The summed E-state index contributed by atoms with van der Waals surface area (Å²) in [5.41, 5.74) is 1.12. The third kappa shape index (κ3) is 3.99. The molecule has 0 saturated carbocycles. The number of anilines is 2. The van der Waals surface area contributed by atoms with Gasteiger partial charge in [0.1, 0.15) is 5.75 Å². The molecule has 0 unspecified atom stereocenters.